The van der Waals surface area contributed by atoms with Gasteiger partial charge in [-0.3, -0.25) is 4.79 Å². The van der Waals surface area contributed by atoms with Gasteiger partial charge in [0.05, 0.1) is 0 Å². The van der Waals surface area contributed by atoms with Crippen LogP contribution >= 0.6 is 12.4 Å². The molecule has 0 aliphatic carbocycles. The Kier molecular flexibility index (Phi) is 6.25. The zero-order chi connectivity index (χ0) is 13.0. The molecule has 1 heterocycles. The molecule has 1 amide bonds. The second-order valence-corrected chi connectivity index (χ2v) is 4.92. The third-order valence-electron chi connectivity index (χ3n) is 3.36. The van der Waals surface area contributed by atoms with Gasteiger partial charge in [0.25, 0.3) is 0 Å². The second-order valence-electron chi connectivity index (χ2n) is 4.92. The van der Waals surface area contributed by atoms with Crippen LogP contribution in [0.2, 0.25) is 0 Å². The maximum atomic E-state index is 13.3. The summed E-state index contributed by atoms with van der Waals surface area (Å²) in [6.07, 6.45) is 1.62. The molecule has 1 aromatic rings. The van der Waals surface area contributed by atoms with E-state index in [1.165, 1.54) is 6.07 Å². The Balaban J connectivity index is 0.00000180. The molecule has 1 aliphatic heterocycles. The van der Waals surface area contributed by atoms with E-state index < -0.39 is 0 Å². The number of rotatable bonds is 4. The van der Waals surface area contributed by atoms with Gasteiger partial charge in [0.2, 0.25) is 5.91 Å². The van der Waals surface area contributed by atoms with Crippen LogP contribution in [0, 0.1) is 18.7 Å². The molecule has 1 aliphatic rings. The largest absolute Gasteiger partial charge is 0.352 e. The highest BCUT2D eigenvalue weighted by Gasteiger charge is 2.17. The van der Waals surface area contributed by atoms with Gasteiger partial charge >= 0.3 is 0 Å². The smallest absolute Gasteiger partial charge is 0.220 e. The van der Waals surface area contributed by atoms with Crippen molar-refractivity contribution in [2.75, 3.05) is 13.1 Å². The Morgan fingerprint density at radius 3 is 2.95 bits per heavy atom. The van der Waals surface area contributed by atoms with E-state index in [4.69, 9.17) is 0 Å². The lowest BCUT2D eigenvalue weighted by Crippen LogP contribution is -2.25. The Hall–Kier alpha value is -1.13. The zero-order valence-electron chi connectivity index (χ0n) is 11.0. The summed E-state index contributed by atoms with van der Waals surface area (Å²) in [5.41, 5.74) is 1.43. The summed E-state index contributed by atoms with van der Waals surface area (Å²) in [6.45, 7) is 4.05. The highest BCUT2D eigenvalue weighted by Crippen LogP contribution is 2.12. The first-order valence-corrected chi connectivity index (χ1v) is 6.37. The summed E-state index contributed by atoms with van der Waals surface area (Å²) in [6, 6.07) is 5.06. The Bertz CT molecular complexity index is 433. The number of amides is 1. The van der Waals surface area contributed by atoms with Crippen molar-refractivity contribution in [2.24, 2.45) is 5.92 Å². The molecule has 0 bridgehead atoms. The molecule has 0 saturated carbocycles. The number of carbonyl (C=O) groups is 1. The summed E-state index contributed by atoms with van der Waals surface area (Å²) in [7, 11) is 0. The topological polar surface area (TPSA) is 41.1 Å². The summed E-state index contributed by atoms with van der Waals surface area (Å²) >= 11 is 0. The van der Waals surface area contributed by atoms with Crippen molar-refractivity contribution in [2.45, 2.75) is 26.3 Å². The average molecular weight is 287 g/mol. The molecule has 0 radical (unpaired) electrons. The van der Waals surface area contributed by atoms with E-state index in [1.807, 2.05) is 6.07 Å². The van der Waals surface area contributed by atoms with Crippen molar-refractivity contribution < 1.29 is 9.18 Å². The van der Waals surface area contributed by atoms with Gasteiger partial charge in [-0.25, -0.2) is 4.39 Å². The van der Waals surface area contributed by atoms with Crippen molar-refractivity contribution >= 4 is 18.3 Å². The molecule has 5 heteroatoms. The molecular weight excluding hydrogens is 267 g/mol. The first-order valence-electron chi connectivity index (χ1n) is 6.37. The normalized spacial score (nSPS) is 17.9. The summed E-state index contributed by atoms with van der Waals surface area (Å²) in [5.74, 6) is 0.270. The number of hydrogen-bond donors (Lipinski definition) is 2. The molecule has 1 atom stereocenters. The number of carbonyl (C=O) groups excluding carboxylic acids is 1. The van der Waals surface area contributed by atoms with Gasteiger partial charge < -0.3 is 10.6 Å². The van der Waals surface area contributed by atoms with Crippen molar-refractivity contribution in [3.8, 4) is 0 Å². The summed E-state index contributed by atoms with van der Waals surface area (Å²) in [5, 5.41) is 6.07. The van der Waals surface area contributed by atoms with Crippen molar-refractivity contribution in [3.05, 3.63) is 35.1 Å². The highest BCUT2D eigenvalue weighted by atomic mass is 35.5. The van der Waals surface area contributed by atoms with E-state index in [9.17, 15) is 9.18 Å². The first-order chi connectivity index (χ1) is 8.65. The minimum absolute atomic E-state index is 0. The molecule has 106 valence electrons. The van der Waals surface area contributed by atoms with E-state index in [0.717, 1.165) is 25.1 Å². The maximum Gasteiger partial charge on any atom is 0.220 e. The molecule has 0 aromatic heterocycles. The average Bonchev–Trinajstić information content (AvgIpc) is 2.83. The molecule has 1 unspecified atom stereocenters. The van der Waals surface area contributed by atoms with Crippen LogP contribution in [-0.4, -0.2) is 19.0 Å². The fourth-order valence-corrected chi connectivity index (χ4v) is 2.17. The van der Waals surface area contributed by atoms with Gasteiger partial charge in [-0.15, -0.1) is 12.4 Å². The van der Waals surface area contributed by atoms with Crippen LogP contribution in [0.1, 0.15) is 24.0 Å². The molecule has 19 heavy (non-hydrogen) atoms. The van der Waals surface area contributed by atoms with Crippen molar-refractivity contribution in [1.29, 1.82) is 0 Å². The molecule has 2 N–H and O–H groups in total. The van der Waals surface area contributed by atoms with Crippen LogP contribution < -0.4 is 10.6 Å². The standard InChI is InChI=1S/C14H19FN2O.ClH/c1-10-2-3-11(6-13(10)15)9-17-14(18)7-12-4-5-16-8-12;/h2-3,6,12,16H,4-5,7-9H2,1H3,(H,17,18);1H. The molecule has 0 spiro atoms. The highest BCUT2D eigenvalue weighted by molar-refractivity contribution is 5.85. The van der Waals surface area contributed by atoms with Gasteiger partial charge in [0.1, 0.15) is 5.82 Å². The molecular formula is C14H20ClFN2O. The van der Waals surface area contributed by atoms with Gasteiger partial charge in [0.15, 0.2) is 0 Å². The number of halogens is 2. The minimum Gasteiger partial charge on any atom is -0.352 e. The van der Waals surface area contributed by atoms with Crippen LogP contribution in [0.3, 0.4) is 0 Å². The second kappa shape index (κ2) is 7.46. The van der Waals surface area contributed by atoms with Crippen LogP contribution in [0.4, 0.5) is 4.39 Å². The quantitative estimate of drug-likeness (QED) is 0.891. The van der Waals surface area contributed by atoms with Gasteiger partial charge in [-0.2, -0.15) is 0 Å². The molecule has 3 nitrogen and oxygen atoms in total. The first kappa shape index (κ1) is 15.9. The number of aryl methyl sites for hydroxylation is 1. The SMILES string of the molecule is Cc1ccc(CNC(=O)CC2CCNC2)cc1F.Cl. The Morgan fingerprint density at radius 2 is 2.32 bits per heavy atom. The molecule has 1 aromatic carbocycles. The van der Waals surface area contributed by atoms with Crippen molar-refractivity contribution in [3.63, 3.8) is 0 Å². The van der Waals surface area contributed by atoms with Gasteiger partial charge in [0, 0.05) is 13.0 Å². The summed E-state index contributed by atoms with van der Waals surface area (Å²) in [4.78, 5) is 11.7. The number of nitrogens with one attached hydrogen (secondary N) is 2. The monoisotopic (exact) mass is 286 g/mol. The molecule has 1 saturated heterocycles. The van der Waals surface area contributed by atoms with Crippen LogP contribution in [0.25, 0.3) is 0 Å². The van der Waals surface area contributed by atoms with Gasteiger partial charge in [-0.05, 0) is 49.5 Å². The predicted octanol–water partition coefficient (Wildman–Crippen LogP) is 2.17. The van der Waals surface area contributed by atoms with E-state index in [-0.39, 0.29) is 24.1 Å². The maximum absolute atomic E-state index is 13.3. The number of hydrogen-bond acceptors (Lipinski definition) is 2. The van der Waals surface area contributed by atoms with Crippen LogP contribution in [0.15, 0.2) is 18.2 Å². The van der Waals surface area contributed by atoms with Crippen molar-refractivity contribution in [1.82, 2.24) is 10.6 Å². The fraction of sp³-hybridized carbons (Fsp3) is 0.500. The lowest BCUT2D eigenvalue weighted by atomic mass is 10.0. The fourth-order valence-electron chi connectivity index (χ4n) is 2.17. The minimum atomic E-state index is -0.221. The Labute approximate surface area is 119 Å². The number of benzene rings is 1. The van der Waals surface area contributed by atoms with Crippen LogP contribution in [-0.2, 0) is 11.3 Å². The third-order valence-corrected chi connectivity index (χ3v) is 3.36. The van der Waals surface area contributed by atoms with Crippen LogP contribution in [0.5, 0.6) is 0 Å². The zero-order valence-corrected chi connectivity index (χ0v) is 11.9. The molecule has 1 fully saturated rings. The van der Waals surface area contributed by atoms with E-state index in [0.29, 0.717) is 24.4 Å². The molecule has 2 rings (SSSR count). The van der Waals surface area contributed by atoms with E-state index in [2.05, 4.69) is 10.6 Å². The third kappa shape index (κ3) is 4.80. The lowest BCUT2D eigenvalue weighted by molar-refractivity contribution is -0.122. The Morgan fingerprint density at radius 1 is 1.53 bits per heavy atom. The predicted molar refractivity (Wildman–Crippen MR) is 75.8 cm³/mol. The van der Waals surface area contributed by atoms with Gasteiger partial charge in [-0.1, -0.05) is 12.1 Å². The van der Waals surface area contributed by atoms with E-state index in [1.54, 1.807) is 13.0 Å². The van der Waals surface area contributed by atoms with E-state index >= 15 is 0 Å². The summed E-state index contributed by atoms with van der Waals surface area (Å²) < 4.78 is 13.3. The lowest BCUT2D eigenvalue weighted by Gasteiger charge is -2.09.